The highest BCUT2D eigenvalue weighted by Crippen LogP contribution is 2.21. The molecule has 1 atom stereocenters. The van der Waals surface area contributed by atoms with Crippen molar-refractivity contribution >= 4 is 29.2 Å². The highest BCUT2D eigenvalue weighted by atomic mass is 35.5. The lowest BCUT2D eigenvalue weighted by molar-refractivity contribution is 0.138. The van der Waals surface area contributed by atoms with Gasteiger partial charge in [0.15, 0.2) is 0 Å². The number of carbonyl (C=O) groups excluding carboxylic acids is 1. The molecule has 4 nitrogen and oxygen atoms in total. The highest BCUT2D eigenvalue weighted by Gasteiger charge is 2.21. The van der Waals surface area contributed by atoms with Gasteiger partial charge in [-0.05, 0) is 37.5 Å². The molecule has 1 N–H and O–H groups in total. The minimum Gasteiger partial charge on any atom is -0.336 e. The second kappa shape index (κ2) is 8.76. The van der Waals surface area contributed by atoms with E-state index in [2.05, 4.69) is 17.1 Å². The summed E-state index contributed by atoms with van der Waals surface area (Å²) >= 11 is 12.1. The summed E-state index contributed by atoms with van der Waals surface area (Å²) in [5.74, 6) is 0. The number of hydrogen-bond donors (Lipinski definition) is 1. The second-order valence-corrected chi connectivity index (χ2v) is 6.92. The van der Waals surface area contributed by atoms with Crippen molar-refractivity contribution in [1.29, 1.82) is 0 Å². The van der Waals surface area contributed by atoms with Gasteiger partial charge in [0, 0.05) is 48.8 Å². The zero-order valence-electron chi connectivity index (χ0n) is 13.8. The van der Waals surface area contributed by atoms with Crippen LogP contribution in [0.3, 0.4) is 0 Å². The Morgan fingerprint density at radius 2 is 1.96 bits per heavy atom. The Morgan fingerprint density at radius 3 is 2.57 bits per heavy atom. The smallest absolute Gasteiger partial charge is 0.317 e. The van der Waals surface area contributed by atoms with Crippen LogP contribution in [0.25, 0.3) is 0 Å². The largest absolute Gasteiger partial charge is 0.336 e. The van der Waals surface area contributed by atoms with E-state index in [4.69, 9.17) is 23.2 Å². The average Bonchev–Trinajstić information content (AvgIpc) is 2.54. The van der Waals surface area contributed by atoms with E-state index >= 15 is 0 Å². The van der Waals surface area contributed by atoms with E-state index in [-0.39, 0.29) is 12.1 Å². The summed E-state index contributed by atoms with van der Waals surface area (Å²) in [5, 5.41) is 4.42. The molecule has 1 aliphatic heterocycles. The van der Waals surface area contributed by atoms with Gasteiger partial charge in [0.25, 0.3) is 0 Å². The predicted octanol–water partition coefficient (Wildman–Crippen LogP) is 3.66. The molecule has 0 aliphatic carbocycles. The van der Waals surface area contributed by atoms with Crippen LogP contribution in [-0.4, -0.2) is 54.6 Å². The number of halogens is 2. The Bertz CT molecular complexity index is 531. The zero-order valence-corrected chi connectivity index (χ0v) is 15.3. The van der Waals surface area contributed by atoms with E-state index in [1.807, 2.05) is 24.0 Å². The lowest BCUT2D eigenvalue weighted by atomic mass is 10.1. The molecule has 2 rings (SSSR count). The minimum atomic E-state index is 0.0553. The van der Waals surface area contributed by atoms with E-state index < -0.39 is 0 Å². The second-order valence-electron chi connectivity index (χ2n) is 6.07. The highest BCUT2D eigenvalue weighted by molar-refractivity contribution is 6.35. The third-order valence-electron chi connectivity index (χ3n) is 4.35. The van der Waals surface area contributed by atoms with Crippen molar-refractivity contribution in [3.05, 3.63) is 33.8 Å². The zero-order chi connectivity index (χ0) is 16.8. The molecule has 1 fully saturated rings. The van der Waals surface area contributed by atoms with Gasteiger partial charge < -0.3 is 10.2 Å². The van der Waals surface area contributed by atoms with Crippen molar-refractivity contribution in [2.75, 3.05) is 32.7 Å². The maximum Gasteiger partial charge on any atom is 0.317 e. The van der Waals surface area contributed by atoms with Crippen LogP contribution >= 0.6 is 23.2 Å². The predicted molar refractivity (Wildman–Crippen MR) is 96.5 cm³/mol. The molecule has 1 aromatic rings. The number of carbonyl (C=O) groups is 1. The maximum atomic E-state index is 12.1. The van der Waals surface area contributed by atoms with Gasteiger partial charge in [0.1, 0.15) is 0 Å². The first-order valence-corrected chi connectivity index (χ1v) is 8.97. The summed E-state index contributed by atoms with van der Waals surface area (Å²) in [6.45, 7) is 8.41. The fraction of sp³-hybridized carbons (Fsp3) is 0.588. The van der Waals surface area contributed by atoms with Gasteiger partial charge in [-0.3, -0.25) is 4.90 Å². The maximum absolute atomic E-state index is 12.1. The van der Waals surface area contributed by atoms with Gasteiger partial charge in [0.05, 0.1) is 0 Å². The summed E-state index contributed by atoms with van der Waals surface area (Å²) < 4.78 is 0. The van der Waals surface area contributed by atoms with Gasteiger partial charge in [-0.25, -0.2) is 4.79 Å². The molecule has 2 amide bonds. The fourth-order valence-electron chi connectivity index (χ4n) is 2.58. The van der Waals surface area contributed by atoms with E-state index in [0.29, 0.717) is 5.02 Å². The molecule has 0 bridgehead atoms. The summed E-state index contributed by atoms with van der Waals surface area (Å²) in [5.41, 5.74) is 1.12. The average molecular weight is 358 g/mol. The third kappa shape index (κ3) is 5.55. The van der Waals surface area contributed by atoms with Gasteiger partial charge in [-0.2, -0.15) is 0 Å². The van der Waals surface area contributed by atoms with Gasteiger partial charge in [0.2, 0.25) is 0 Å². The Kier molecular flexibility index (Phi) is 7.00. The van der Waals surface area contributed by atoms with E-state index in [9.17, 15) is 4.79 Å². The van der Waals surface area contributed by atoms with Crippen molar-refractivity contribution in [2.45, 2.75) is 32.7 Å². The van der Waals surface area contributed by atoms with Crippen molar-refractivity contribution in [1.82, 2.24) is 15.1 Å². The molecule has 6 heteroatoms. The van der Waals surface area contributed by atoms with E-state index in [1.165, 1.54) is 0 Å². The van der Waals surface area contributed by atoms with Crippen LogP contribution in [0.1, 0.15) is 25.8 Å². The standard InChI is InChI=1S/C17H25Cl2N3O/c1-3-13(2)20-17(23)22-10-8-21(9-11-22)7-6-14-4-5-15(18)12-16(14)19/h4-5,12-13H,3,6-11H2,1-2H3,(H,20,23). The van der Waals surface area contributed by atoms with Crippen LogP contribution in [0.15, 0.2) is 18.2 Å². The molecule has 0 saturated carbocycles. The molecule has 0 aromatic heterocycles. The molecular formula is C17H25Cl2N3O. The number of benzene rings is 1. The van der Waals surface area contributed by atoms with Crippen LogP contribution in [0.4, 0.5) is 4.79 Å². The molecule has 0 radical (unpaired) electrons. The first kappa shape index (κ1) is 18.4. The quantitative estimate of drug-likeness (QED) is 0.872. The number of nitrogens with one attached hydrogen (secondary N) is 1. The Balaban J connectivity index is 1.75. The van der Waals surface area contributed by atoms with Crippen molar-refractivity contribution in [3.8, 4) is 0 Å². The summed E-state index contributed by atoms with van der Waals surface area (Å²) in [6, 6.07) is 5.93. The third-order valence-corrected chi connectivity index (χ3v) is 4.94. The SMILES string of the molecule is CCC(C)NC(=O)N1CCN(CCc2ccc(Cl)cc2Cl)CC1. The van der Waals surface area contributed by atoms with Crippen LogP contribution in [0, 0.1) is 0 Å². The summed E-state index contributed by atoms with van der Waals surface area (Å²) in [6.07, 6.45) is 1.85. The number of nitrogens with zero attached hydrogens (tertiary/aromatic N) is 2. The van der Waals surface area contributed by atoms with Crippen molar-refractivity contribution in [2.24, 2.45) is 0 Å². The molecular weight excluding hydrogens is 333 g/mol. The van der Waals surface area contributed by atoms with E-state index in [0.717, 1.165) is 56.2 Å². The minimum absolute atomic E-state index is 0.0553. The van der Waals surface area contributed by atoms with Gasteiger partial charge >= 0.3 is 6.03 Å². The lowest BCUT2D eigenvalue weighted by Gasteiger charge is -2.35. The Labute approximate surface area is 148 Å². The van der Waals surface area contributed by atoms with Crippen LogP contribution in [0.5, 0.6) is 0 Å². The number of piperazine rings is 1. The summed E-state index contributed by atoms with van der Waals surface area (Å²) in [4.78, 5) is 16.4. The van der Waals surface area contributed by atoms with E-state index in [1.54, 1.807) is 6.07 Å². The first-order valence-electron chi connectivity index (χ1n) is 8.21. The van der Waals surface area contributed by atoms with Gasteiger partial charge in [-0.1, -0.05) is 36.2 Å². The summed E-state index contributed by atoms with van der Waals surface area (Å²) in [7, 11) is 0. The Hall–Kier alpha value is -0.970. The van der Waals surface area contributed by atoms with Crippen LogP contribution in [0.2, 0.25) is 10.0 Å². The molecule has 1 heterocycles. The molecule has 0 spiro atoms. The molecule has 1 aromatic carbocycles. The fourth-order valence-corrected chi connectivity index (χ4v) is 3.08. The molecule has 1 saturated heterocycles. The topological polar surface area (TPSA) is 35.6 Å². The number of amides is 2. The Morgan fingerprint density at radius 1 is 1.26 bits per heavy atom. The van der Waals surface area contributed by atoms with Gasteiger partial charge in [-0.15, -0.1) is 0 Å². The van der Waals surface area contributed by atoms with Crippen LogP contribution in [-0.2, 0) is 6.42 Å². The van der Waals surface area contributed by atoms with Crippen LogP contribution < -0.4 is 5.32 Å². The molecule has 1 aliphatic rings. The lowest BCUT2D eigenvalue weighted by Crippen LogP contribution is -2.53. The molecule has 128 valence electrons. The number of hydrogen-bond acceptors (Lipinski definition) is 2. The number of rotatable bonds is 5. The number of urea groups is 1. The first-order chi connectivity index (χ1) is 11.0. The molecule has 23 heavy (non-hydrogen) atoms. The van der Waals surface area contributed by atoms with Crippen molar-refractivity contribution < 1.29 is 4.79 Å². The monoisotopic (exact) mass is 357 g/mol. The molecule has 1 unspecified atom stereocenters. The normalized spacial score (nSPS) is 17.1. The van der Waals surface area contributed by atoms with Crippen molar-refractivity contribution in [3.63, 3.8) is 0 Å².